The predicted octanol–water partition coefficient (Wildman–Crippen LogP) is 0.787. The Kier molecular flexibility index (Phi) is 4.97. The van der Waals surface area contributed by atoms with Gasteiger partial charge < -0.3 is 19.4 Å². The van der Waals surface area contributed by atoms with E-state index >= 15 is 0 Å². The molecule has 0 N–H and O–H groups in total. The van der Waals surface area contributed by atoms with Crippen molar-refractivity contribution in [2.75, 3.05) is 72.6 Å². The molecule has 0 aliphatic carbocycles. The summed E-state index contributed by atoms with van der Waals surface area (Å²) in [4.78, 5) is 21.8. The van der Waals surface area contributed by atoms with Gasteiger partial charge in [-0.2, -0.15) is 0 Å². The highest BCUT2D eigenvalue weighted by Crippen LogP contribution is 2.35. The Bertz CT molecular complexity index is 446. The molecule has 4 heterocycles. The van der Waals surface area contributed by atoms with Gasteiger partial charge in [-0.3, -0.25) is 4.90 Å². The van der Waals surface area contributed by atoms with Crippen molar-refractivity contribution in [1.82, 2.24) is 19.6 Å². The molecule has 24 heavy (non-hydrogen) atoms. The third kappa shape index (κ3) is 3.41. The molecule has 0 saturated carbocycles. The summed E-state index contributed by atoms with van der Waals surface area (Å²) in [6, 6.07) is 0.274. The molecule has 0 radical (unpaired) electrons. The summed E-state index contributed by atoms with van der Waals surface area (Å²) in [5.74, 6) is 1.19. The molecule has 2 amide bonds. The van der Waals surface area contributed by atoms with E-state index in [2.05, 4.69) is 21.7 Å². The van der Waals surface area contributed by atoms with Gasteiger partial charge in [0.25, 0.3) is 0 Å². The zero-order chi connectivity index (χ0) is 16.5. The van der Waals surface area contributed by atoms with Gasteiger partial charge in [0.2, 0.25) is 0 Å². The number of hydrogen-bond acceptors (Lipinski definition) is 4. The number of hydrogen-bond donors (Lipinski definition) is 0. The largest absolute Gasteiger partial charge is 0.376 e. The van der Waals surface area contributed by atoms with Crippen LogP contribution in [0, 0.1) is 11.8 Å². The lowest BCUT2D eigenvalue weighted by Gasteiger charge is -2.39. The third-order valence-corrected chi connectivity index (χ3v) is 6.49. The van der Waals surface area contributed by atoms with Crippen LogP contribution in [-0.4, -0.2) is 104 Å². The molecule has 6 nitrogen and oxygen atoms in total. The Morgan fingerprint density at radius 1 is 1.00 bits per heavy atom. The number of ether oxygens (including phenoxy) is 1. The molecule has 4 aliphatic heterocycles. The van der Waals surface area contributed by atoms with Gasteiger partial charge >= 0.3 is 6.03 Å². The maximum atomic E-state index is 12.7. The number of carbonyl (C=O) groups excluding carboxylic acids is 1. The fourth-order valence-corrected chi connectivity index (χ4v) is 4.78. The van der Waals surface area contributed by atoms with Crippen LogP contribution in [0.4, 0.5) is 4.79 Å². The van der Waals surface area contributed by atoms with Gasteiger partial charge in [0.05, 0.1) is 12.7 Å². The molecule has 136 valence electrons. The maximum absolute atomic E-state index is 12.7. The van der Waals surface area contributed by atoms with Crippen molar-refractivity contribution >= 4 is 6.03 Å². The minimum Gasteiger partial charge on any atom is -0.376 e. The van der Waals surface area contributed by atoms with Crippen molar-refractivity contribution in [2.24, 2.45) is 11.8 Å². The van der Waals surface area contributed by atoms with Crippen LogP contribution >= 0.6 is 0 Å². The third-order valence-electron chi connectivity index (χ3n) is 6.49. The van der Waals surface area contributed by atoms with Gasteiger partial charge in [-0.15, -0.1) is 0 Å². The lowest BCUT2D eigenvalue weighted by atomic mass is 9.84. The second-order valence-electron chi connectivity index (χ2n) is 8.11. The molecular formula is C18H32N4O2. The molecule has 4 aliphatic rings. The van der Waals surface area contributed by atoms with Gasteiger partial charge in [0.1, 0.15) is 0 Å². The van der Waals surface area contributed by atoms with E-state index in [1.807, 2.05) is 4.90 Å². The first-order valence-corrected chi connectivity index (χ1v) is 9.77. The standard InChI is InChI=1S/C18H32N4O2/c1-19-8-10-20(11-9-19)13-17-16-12-22(7-4-15(16)14-24-17)18(23)21-5-2-3-6-21/h15-17H,2-14H2,1H3/t15-,16-,17+/m0/s1. The highest BCUT2D eigenvalue weighted by Gasteiger charge is 2.43. The van der Waals surface area contributed by atoms with E-state index in [1.165, 1.54) is 12.8 Å². The number of piperazine rings is 1. The van der Waals surface area contributed by atoms with Gasteiger partial charge in [-0.05, 0) is 32.2 Å². The molecule has 4 saturated heterocycles. The molecule has 0 bridgehead atoms. The summed E-state index contributed by atoms with van der Waals surface area (Å²) in [6.07, 6.45) is 3.76. The van der Waals surface area contributed by atoms with Gasteiger partial charge in [-0.25, -0.2) is 4.79 Å². The Hall–Kier alpha value is -0.850. The summed E-state index contributed by atoms with van der Waals surface area (Å²) in [5, 5.41) is 0. The number of rotatable bonds is 2. The number of urea groups is 1. The van der Waals surface area contributed by atoms with Gasteiger partial charge in [0.15, 0.2) is 0 Å². The second-order valence-corrected chi connectivity index (χ2v) is 8.11. The minimum atomic E-state index is 0.274. The summed E-state index contributed by atoms with van der Waals surface area (Å²) in [6.45, 7) is 10.2. The van der Waals surface area contributed by atoms with Crippen LogP contribution in [0.5, 0.6) is 0 Å². The van der Waals surface area contributed by atoms with Crippen LogP contribution in [0.3, 0.4) is 0 Å². The number of likely N-dealkylation sites (N-methyl/N-ethyl adjacent to an activating group) is 1. The molecule has 3 atom stereocenters. The summed E-state index contributed by atoms with van der Waals surface area (Å²) >= 11 is 0. The van der Waals surface area contributed by atoms with Crippen LogP contribution in [0.1, 0.15) is 19.3 Å². The van der Waals surface area contributed by atoms with E-state index in [0.29, 0.717) is 17.9 Å². The Morgan fingerprint density at radius 2 is 1.75 bits per heavy atom. The number of carbonyl (C=O) groups is 1. The van der Waals surface area contributed by atoms with Gasteiger partial charge in [0, 0.05) is 64.8 Å². The average molecular weight is 336 g/mol. The second kappa shape index (κ2) is 7.18. The Balaban J connectivity index is 1.33. The minimum absolute atomic E-state index is 0.274. The number of fused-ring (bicyclic) bond motifs is 1. The fourth-order valence-electron chi connectivity index (χ4n) is 4.78. The molecule has 0 aromatic heterocycles. The average Bonchev–Trinajstić information content (AvgIpc) is 3.26. The Labute approximate surface area is 145 Å². The first kappa shape index (κ1) is 16.6. The fraction of sp³-hybridized carbons (Fsp3) is 0.944. The monoisotopic (exact) mass is 336 g/mol. The quantitative estimate of drug-likeness (QED) is 0.747. The SMILES string of the molecule is CN1CCN(C[C@H]2OC[C@@H]3CCN(C(=O)N4CCCC4)C[C@@H]32)CC1. The smallest absolute Gasteiger partial charge is 0.320 e. The number of amides is 2. The van der Waals surface area contributed by atoms with E-state index in [4.69, 9.17) is 4.74 Å². The van der Waals surface area contributed by atoms with Gasteiger partial charge in [-0.1, -0.05) is 0 Å². The molecule has 0 aromatic carbocycles. The van der Waals surface area contributed by atoms with Crippen LogP contribution in [-0.2, 0) is 4.74 Å². The van der Waals surface area contributed by atoms with E-state index in [9.17, 15) is 4.79 Å². The van der Waals surface area contributed by atoms with E-state index < -0.39 is 0 Å². The Morgan fingerprint density at radius 3 is 2.50 bits per heavy atom. The molecule has 4 rings (SSSR count). The normalized spacial score (nSPS) is 35.5. The van der Waals surface area contributed by atoms with Crippen molar-refractivity contribution in [1.29, 1.82) is 0 Å². The topological polar surface area (TPSA) is 39.3 Å². The highest BCUT2D eigenvalue weighted by molar-refractivity contribution is 5.74. The molecule has 4 fully saturated rings. The first-order chi connectivity index (χ1) is 11.7. The highest BCUT2D eigenvalue weighted by atomic mass is 16.5. The molecule has 0 spiro atoms. The van der Waals surface area contributed by atoms with Crippen molar-refractivity contribution in [3.63, 3.8) is 0 Å². The lowest BCUT2D eigenvalue weighted by molar-refractivity contribution is 0.0323. The summed E-state index contributed by atoms with van der Waals surface area (Å²) in [7, 11) is 2.20. The van der Waals surface area contributed by atoms with Crippen molar-refractivity contribution in [2.45, 2.75) is 25.4 Å². The zero-order valence-electron chi connectivity index (χ0n) is 15.0. The number of nitrogens with zero attached hydrogens (tertiary/aromatic N) is 4. The molecular weight excluding hydrogens is 304 g/mol. The molecule has 6 heteroatoms. The maximum Gasteiger partial charge on any atom is 0.320 e. The van der Waals surface area contributed by atoms with Crippen molar-refractivity contribution < 1.29 is 9.53 Å². The van der Waals surface area contributed by atoms with E-state index in [-0.39, 0.29) is 6.03 Å². The van der Waals surface area contributed by atoms with E-state index in [0.717, 1.165) is 71.9 Å². The van der Waals surface area contributed by atoms with Crippen LogP contribution in [0.15, 0.2) is 0 Å². The zero-order valence-corrected chi connectivity index (χ0v) is 15.0. The van der Waals surface area contributed by atoms with E-state index in [1.54, 1.807) is 0 Å². The first-order valence-electron chi connectivity index (χ1n) is 9.77. The van der Waals surface area contributed by atoms with Crippen molar-refractivity contribution in [3.8, 4) is 0 Å². The van der Waals surface area contributed by atoms with Crippen molar-refractivity contribution in [3.05, 3.63) is 0 Å². The number of piperidine rings is 1. The molecule has 0 unspecified atom stereocenters. The van der Waals surface area contributed by atoms with Crippen LogP contribution < -0.4 is 0 Å². The number of likely N-dealkylation sites (tertiary alicyclic amines) is 2. The summed E-state index contributed by atoms with van der Waals surface area (Å²) in [5.41, 5.74) is 0. The predicted molar refractivity (Wildman–Crippen MR) is 93.1 cm³/mol. The van der Waals surface area contributed by atoms with Crippen LogP contribution in [0.25, 0.3) is 0 Å². The summed E-state index contributed by atoms with van der Waals surface area (Å²) < 4.78 is 6.18. The molecule has 0 aromatic rings. The lowest BCUT2D eigenvalue weighted by Crippen LogP contribution is -2.52. The van der Waals surface area contributed by atoms with Crippen LogP contribution in [0.2, 0.25) is 0 Å².